The van der Waals surface area contributed by atoms with Crippen LogP contribution in [0.5, 0.6) is 0 Å². The Hall–Kier alpha value is -2.09. The van der Waals surface area contributed by atoms with Gasteiger partial charge in [-0.15, -0.1) is 0 Å². The van der Waals surface area contributed by atoms with Crippen LogP contribution in [-0.2, 0) is 4.79 Å². The van der Waals surface area contributed by atoms with E-state index in [-0.39, 0.29) is 0 Å². The average Bonchev–Trinajstić information content (AvgIpc) is 2.41. The standard InChI is InChI=1S/C9H10O2.C6H6/c1-7(9(10)11)8-5-3-2-4-6-8;1-2-4-6-5-3-1/h2-7H,1H3,(H,10,11);1-6H. The van der Waals surface area contributed by atoms with E-state index in [1.807, 2.05) is 66.7 Å². The van der Waals surface area contributed by atoms with Crippen molar-refractivity contribution in [3.63, 3.8) is 0 Å². The van der Waals surface area contributed by atoms with Crippen molar-refractivity contribution in [2.24, 2.45) is 0 Å². The molecule has 0 fully saturated rings. The van der Waals surface area contributed by atoms with Crippen LogP contribution in [-0.4, -0.2) is 11.1 Å². The molecule has 1 atom stereocenters. The molecule has 0 bridgehead atoms. The number of hydrogen-bond acceptors (Lipinski definition) is 1. The van der Waals surface area contributed by atoms with E-state index in [2.05, 4.69) is 0 Å². The van der Waals surface area contributed by atoms with Gasteiger partial charge in [-0.2, -0.15) is 0 Å². The topological polar surface area (TPSA) is 37.3 Å². The molecule has 0 aliphatic rings. The summed E-state index contributed by atoms with van der Waals surface area (Å²) in [7, 11) is 0. The molecule has 0 saturated heterocycles. The van der Waals surface area contributed by atoms with E-state index in [0.29, 0.717) is 0 Å². The fraction of sp³-hybridized carbons (Fsp3) is 0.133. The van der Waals surface area contributed by atoms with Crippen molar-refractivity contribution in [2.75, 3.05) is 0 Å². The van der Waals surface area contributed by atoms with Crippen molar-refractivity contribution in [3.8, 4) is 0 Å². The Bertz CT molecular complexity index is 396. The third kappa shape index (κ3) is 4.98. The molecule has 17 heavy (non-hydrogen) atoms. The Morgan fingerprint density at radius 1 is 0.882 bits per heavy atom. The zero-order valence-electron chi connectivity index (χ0n) is 9.78. The van der Waals surface area contributed by atoms with Crippen molar-refractivity contribution in [1.29, 1.82) is 0 Å². The molecule has 0 aliphatic heterocycles. The molecule has 2 aromatic carbocycles. The van der Waals surface area contributed by atoms with Crippen LogP contribution in [0.3, 0.4) is 0 Å². The second-order valence-electron chi connectivity index (χ2n) is 3.63. The highest BCUT2D eigenvalue weighted by atomic mass is 16.4. The van der Waals surface area contributed by atoms with Crippen LogP contribution in [0.1, 0.15) is 18.4 Å². The maximum absolute atomic E-state index is 10.5. The molecule has 0 aliphatic carbocycles. The second kappa shape index (κ2) is 7.23. The molecule has 0 spiro atoms. The van der Waals surface area contributed by atoms with Crippen LogP contribution in [0.2, 0.25) is 0 Å². The largest absolute Gasteiger partial charge is 0.481 e. The molecule has 2 nitrogen and oxygen atoms in total. The molecular formula is C15H16O2. The molecule has 0 aromatic heterocycles. The summed E-state index contributed by atoms with van der Waals surface area (Å²) in [5, 5.41) is 8.64. The van der Waals surface area contributed by atoms with Crippen molar-refractivity contribution < 1.29 is 9.90 Å². The molecule has 1 unspecified atom stereocenters. The van der Waals surface area contributed by atoms with Crippen molar-refractivity contribution in [3.05, 3.63) is 72.3 Å². The molecule has 0 radical (unpaired) electrons. The van der Waals surface area contributed by atoms with Gasteiger partial charge in [0.05, 0.1) is 5.92 Å². The van der Waals surface area contributed by atoms with E-state index < -0.39 is 11.9 Å². The van der Waals surface area contributed by atoms with Crippen molar-refractivity contribution >= 4 is 5.97 Å². The Morgan fingerprint density at radius 2 is 1.24 bits per heavy atom. The minimum absolute atomic E-state index is 0.406. The van der Waals surface area contributed by atoms with E-state index >= 15 is 0 Å². The molecule has 2 heteroatoms. The van der Waals surface area contributed by atoms with Gasteiger partial charge in [-0.3, -0.25) is 4.79 Å². The highest BCUT2D eigenvalue weighted by Gasteiger charge is 2.11. The van der Waals surface area contributed by atoms with Gasteiger partial charge in [-0.25, -0.2) is 0 Å². The first-order valence-electron chi connectivity index (χ1n) is 5.49. The van der Waals surface area contributed by atoms with Crippen LogP contribution in [0.25, 0.3) is 0 Å². The quantitative estimate of drug-likeness (QED) is 0.853. The second-order valence-corrected chi connectivity index (χ2v) is 3.63. The molecule has 0 saturated carbocycles. The summed E-state index contributed by atoms with van der Waals surface area (Å²) < 4.78 is 0. The number of aliphatic carboxylic acids is 1. The Balaban J connectivity index is 0.000000202. The van der Waals surface area contributed by atoms with Gasteiger partial charge in [0.1, 0.15) is 0 Å². The minimum Gasteiger partial charge on any atom is -0.481 e. The lowest BCUT2D eigenvalue weighted by atomic mass is 10.0. The van der Waals surface area contributed by atoms with Crippen molar-refractivity contribution in [1.82, 2.24) is 0 Å². The minimum atomic E-state index is -0.781. The zero-order valence-corrected chi connectivity index (χ0v) is 9.78. The number of hydrogen-bond donors (Lipinski definition) is 1. The van der Waals surface area contributed by atoms with E-state index in [4.69, 9.17) is 5.11 Å². The van der Waals surface area contributed by atoms with Gasteiger partial charge in [-0.1, -0.05) is 66.7 Å². The number of rotatable bonds is 2. The SMILES string of the molecule is CC(C(=O)O)c1ccccc1.c1ccccc1. The maximum atomic E-state index is 10.5. The van der Waals surface area contributed by atoms with E-state index in [1.165, 1.54) is 0 Å². The number of carbonyl (C=O) groups is 1. The first-order chi connectivity index (χ1) is 8.22. The third-order valence-corrected chi connectivity index (χ3v) is 2.34. The van der Waals surface area contributed by atoms with E-state index in [1.54, 1.807) is 6.92 Å². The van der Waals surface area contributed by atoms with Gasteiger partial charge < -0.3 is 5.11 Å². The fourth-order valence-corrected chi connectivity index (χ4v) is 1.27. The Labute approximate surface area is 102 Å². The van der Waals surface area contributed by atoms with Crippen LogP contribution in [0.4, 0.5) is 0 Å². The lowest BCUT2D eigenvalue weighted by molar-refractivity contribution is -0.138. The fourth-order valence-electron chi connectivity index (χ4n) is 1.27. The summed E-state index contributed by atoms with van der Waals surface area (Å²) in [6, 6.07) is 21.2. The third-order valence-electron chi connectivity index (χ3n) is 2.34. The highest BCUT2D eigenvalue weighted by Crippen LogP contribution is 2.13. The number of carboxylic acid groups (broad SMARTS) is 1. The van der Waals surface area contributed by atoms with Crippen molar-refractivity contribution in [2.45, 2.75) is 12.8 Å². The molecule has 0 heterocycles. The van der Waals surface area contributed by atoms with Gasteiger partial charge in [0, 0.05) is 0 Å². The molecule has 2 aromatic rings. The van der Waals surface area contributed by atoms with Gasteiger partial charge in [0.15, 0.2) is 0 Å². The smallest absolute Gasteiger partial charge is 0.310 e. The first kappa shape index (κ1) is 13.0. The van der Waals surface area contributed by atoms with Crippen LogP contribution < -0.4 is 0 Å². The lowest BCUT2D eigenvalue weighted by Gasteiger charge is -2.04. The van der Waals surface area contributed by atoms with Gasteiger partial charge >= 0.3 is 5.97 Å². The lowest BCUT2D eigenvalue weighted by Crippen LogP contribution is -2.06. The summed E-state index contributed by atoms with van der Waals surface area (Å²) in [4.78, 5) is 10.5. The summed E-state index contributed by atoms with van der Waals surface area (Å²) >= 11 is 0. The molecule has 2 rings (SSSR count). The maximum Gasteiger partial charge on any atom is 0.310 e. The van der Waals surface area contributed by atoms with E-state index in [9.17, 15) is 4.79 Å². The Morgan fingerprint density at radius 3 is 1.59 bits per heavy atom. The molecule has 0 amide bonds. The zero-order chi connectivity index (χ0) is 12.5. The Kier molecular flexibility index (Phi) is 5.52. The molecular weight excluding hydrogens is 212 g/mol. The van der Waals surface area contributed by atoms with E-state index in [0.717, 1.165) is 5.56 Å². The van der Waals surface area contributed by atoms with Gasteiger partial charge in [-0.05, 0) is 12.5 Å². The number of benzene rings is 2. The molecule has 88 valence electrons. The van der Waals surface area contributed by atoms with Crippen LogP contribution >= 0.6 is 0 Å². The summed E-state index contributed by atoms with van der Waals surface area (Å²) in [6.45, 7) is 1.68. The average molecular weight is 228 g/mol. The van der Waals surface area contributed by atoms with Crippen LogP contribution in [0, 0.1) is 0 Å². The summed E-state index contributed by atoms with van der Waals surface area (Å²) in [5.41, 5.74) is 0.847. The normalized spacial score (nSPS) is 10.9. The number of carboxylic acids is 1. The summed E-state index contributed by atoms with van der Waals surface area (Å²) in [6.07, 6.45) is 0. The van der Waals surface area contributed by atoms with Crippen LogP contribution in [0.15, 0.2) is 66.7 Å². The molecule has 1 N–H and O–H groups in total. The summed E-state index contributed by atoms with van der Waals surface area (Å²) in [5.74, 6) is -1.19. The predicted octanol–water partition coefficient (Wildman–Crippen LogP) is 3.56. The van der Waals surface area contributed by atoms with Gasteiger partial charge in [0.25, 0.3) is 0 Å². The monoisotopic (exact) mass is 228 g/mol. The predicted molar refractivity (Wildman–Crippen MR) is 68.9 cm³/mol. The first-order valence-corrected chi connectivity index (χ1v) is 5.49. The highest BCUT2D eigenvalue weighted by molar-refractivity contribution is 5.75. The van der Waals surface area contributed by atoms with Gasteiger partial charge in [0.2, 0.25) is 0 Å².